The van der Waals surface area contributed by atoms with Crippen molar-refractivity contribution in [2.45, 2.75) is 12.7 Å². The minimum atomic E-state index is -4.60. The lowest BCUT2D eigenvalue weighted by molar-refractivity contribution is -0.138. The van der Waals surface area contributed by atoms with E-state index in [1.165, 1.54) is 30.6 Å². The minimum absolute atomic E-state index is 0.0600. The number of carbonyl (C=O) groups excluding carboxylic acids is 1. The highest BCUT2D eigenvalue weighted by Gasteiger charge is 2.34. The Bertz CT molecular complexity index is 1560. The van der Waals surface area contributed by atoms with E-state index >= 15 is 0 Å². The van der Waals surface area contributed by atoms with E-state index < -0.39 is 23.6 Å². The average molecular weight is 557 g/mol. The molecule has 2 aromatic carbocycles. The van der Waals surface area contributed by atoms with E-state index in [4.69, 9.17) is 5.73 Å². The number of aryl methyl sites for hydroxylation is 1. The van der Waals surface area contributed by atoms with Crippen LogP contribution in [-0.2, 0) is 19.8 Å². The number of anilines is 3. The summed E-state index contributed by atoms with van der Waals surface area (Å²) < 4.78 is 58.3. The number of halogens is 4. The standard InChI is InChI=1S/C27H28F4N8O/c1-37-7-9-39(10-8-37)13-17-3-5-18(12-20(17)27(29,30)31)35-26(40)36-22-6-4-16(11-21(22)28)19-14-38(2)25-23(19)24(32)33-15-34-25/h3-6,11-12,14-15H,7-10,13H2,1-2H3,(H2,32,33,34)(H2,35,36,40). The number of aromatic nitrogens is 3. The lowest BCUT2D eigenvalue weighted by Crippen LogP contribution is -2.44. The van der Waals surface area contributed by atoms with E-state index in [0.29, 0.717) is 35.2 Å². The molecule has 0 aliphatic carbocycles. The summed E-state index contributed by atoms with van der Waals surface area (Å²) in [6.07, 6.45) is -1.52. The van der Waals surface area contributed by atoms with Gasteiger partial charge in [-0.25, -0.2) is 19.2 Å². The lowest BCUT2D eigenvalue weighted by atomic mass is 10.0. The maximum absolute atomic E-state index is 15.0. The van der Waals surface area contributed by atoms with Gasteiger partial charge in [-0.1, -0.05) is 12.1 Å². The number of hydrogen-bond acceptors (Lipinski definition) is 6. The topological polar surface area (TPSA) is 104 Å². The van der Waals surface area contributed by atoms with E-state index in [1.807, 2.05) is 11.9 Å². The van der Waals surface area contributed by atoms with Crippen LogP contribution in [0.3, 0.4) is 0 Å². The van der Waals surface area contributed by atoms with Gasteiger partial charge in [0.05, 0.1) is 16.6 Å². The fourth-order valence-corrected chi connectivity index (χ4v) is 4.83. The number of nitrogens with two attached hydrogens (primary N) is 1. The number of alkyl halides is 3. The van der Waals surface area contributed by atoms with Crippen molar-refractivity contribution in [2.75, 3.05) is 49.6 Å². The number of benzene rings is 2. The smallest absolute Gasteiger partial charge is 0.383 e. The van der Waals surface area contributed by atoms with Gasteiger partial charge >= 0.3 is 12.2 Å². The molecule has 2 aromatic heterocycles. The summed E-state index contributed by atoms with van der Waals surface area (Å²) in [5.41, 5.74) is 6.80. The number of rotatable bonds is 5. The van der Waals surface area contributed by atoms with Gasteiger partial charge in [-0.05, 0) is 42.4 Å². The zero-order valence-electron chi connectivity index (χ0n) is 21.9. The summed E-state index contributed by atoms with van der Waals surface area (Å²) in [6.45, 7) is 3.05. The number of hydrogen-bond donors (Lipinski definition) is 3. The van der Waals surface area contributed by atoms with Crippen molar-refractivity contribution in [3.8, 4) is 11.1 Å². The molecular formula is C27H28F4N8O. The summed E-state index contributed by atoms with van der Waals surface area (Å²) in [7, 11) is 3.75. The Hall–Kier alpha value is -4.23. The Morgan fingerprint density at radius 1 is 1.02 bits per heavy atom. The van der Waals surface area contributed by atoms with Crippen molar-refractivity contribution in [2.24, 2.45) is 7.05 Å². The molecular weight excluding hydrogens is 528 g/mol. The van der Waals surface area contributed by atoms with Crippen molar-refractivity contribution >= 4 is 34.3 Å². The summed E-state index contributed by atoms with van der Waals surface area (Å²) in [4.78, 5) is 24.9. The van der Waals surface area contributed by atoms with Crippen molar-refractivity contribution in [1.29, 1.82) is 0 Å². The van der Waals surface area contributed by atoms with Crippen LogP contribution in [0.2, 0.25) is 0 Å². The molecule has 3 heterocycles. The summed E-state index contributed by atoms with van der Waals surface area (Å²) in [5, 5.41) is 5.30. The predicted octanol–water partition coefficient (Wildman–Crippen LogP) is 4.77. The average Bonchev–Trinajstić information content (AvgIpc) is 3.24. The molecule has 2 amide bonds. The van der Waals surface area contributed by atoms with Gasteiger partial charge in [0.2, 0.25) is 0 Å². The van der Waals surface area contributed by atoms with Crippen molar-refractivity contribution in [3.05, 3.63) is 65.9 Å². The first-order valence-corrected chi connectivity index (χ1v) is 12.5. The zero-order chi connectivity index (χ0) is 28.6. The van der Waals surface area contributed by atoms with Crippen LogP contribution in [0.1, 0.15) is 11.1 Å². The fraction of sp³-hybridized carbons (Fsp3) is 0.296. The second-order valence-electron chi connectivity index (χ2n) is 9.83. The Balaban J connectivity index is 1.31. The first kappa shape index (κ1) is 27.3. The van der Waals surface area contributed by atoms with Crippen LogP contribution in [0.4, 0.5) is 39.5 Å². The molecule has 1 aliphatic rings. The number of piperazine rings is 1. The Labute approximate surface area is 227 Å². The van der Waals surface area contributed by atoms with Crippen LogP contribution in [0, 0.1) is 5.82 Å². The molecule has 0 unspecified atom stereocenters. The molecule has 13 heteroatoms. The maximum atomic E-state index is 15.0. The van der Waals surface area contributed by atoms with Gasteiger partial charge in [-0.2, -0.15) is 13.2 Å². The number of amides is 2. The van der Waals surface area contributed by atoms with Gasteiger partial charge in [0.25, 0.3) is 0 Å². The Kier molecular flexibility index (Phi) is 7.34. The second kappa shape index (κ2) is 10.7. The molecule has 0 spiro atoms. The minimum Gasteiger partial charge on any atom is -0.383 e. The van der Waals surface area contributed by atoms with E-state index in [-0.39, 0.29) is 29.3 Å². The number of urea groups is 1. The molecule has 0 bridgehead atoms. The lowest BCUT2D eigenvalue weighted by Gasteiger charge is -2.33. The number of fused-ring (bicyclic) bond motifs is 1. The molecule has 0 saturated carbocycles. The monoisotopic (exact) mass is 556 g/mol. The molecule has 4 aromatic rings. The number of nitrogen functional groups attached to an aromatic ring is 1. The number of nitrogens with one attached hydrogen (secondary N) is 2. The summed E-state index contributed by atoms with van der Waals surface area (Å²) >= 11 is 0. The van der Waals surface area contributed by atoms with Gasteiger partial charge in [-0.15, -0.1) is 0 Å². The molecule has 0 radical (unpaired) electrons. The normalized spacial score (nSPS) is 14.9. The molecule has 40 heavy (non-hydrogen) atoms. The number of carbonyl (C=O) groups is 1. The molecule has 9 nitrogen and oxygen atoms in total. The van der Waals surface area contributed by atoms with Gasteiger partial charge in [0, 0.05) is 57.2 Å². The number of likely N-dealkylation sites (N-methyl/N-ethyl adjacent to an activating group) is 1. The highest BCUT2D eigenvalue weighted by molar-refractivity contribution is 6.02. The third-order valence-electron chi connectivity index (χ3n) is 6.97. The van der Waals surface area contributed by atoms with Crippen molar-refractivity contribution in [3.63, 3.8) is 0 Å². The van der Waals surface area contributed by atoms with Crippen LogP contribution in [0.5, 0.6) is 0 Å². The van der Waals surface area contributed by atoms with Crippen LogP contribution in [0.25, 0.3) is 22.2 Å². The molecule has 4 N–H and O–H groups in total. The molecule has 1 aliphatic heterocycles. The van der Waals surface area contributed by atoms with E-state index in [1.54, 1.807) is 23.9 Å². The van der Waals surface area contributed by atoms with Crippen LogP contribution >= 0.6 is 0 Å². The van der Waals surface area contributed by atoms with E-state index in [0.717, 1.165) is 19.2 Å². The fourth-order valence-electron chi connectivity index (χ4n) is 4.83. The first-order valence-electron chi connectivity index (χ1n) is 12.5. The summed E-state index contributed by atoms with van der Waals surface area (Å²) in [6, 6.07) is 6.98. The predicted molar refractivity (Wildman–Crippen MR) is 145 cm³/mol. The van der Waals surface area contributed by atoms with Crippen LogP contribution in [-0.4, -0.2) is 63.6 Å². The first-order chi connectivity index (χ1) is 19.0. The van der Waals surface area contributed by atoms with Crippen LogP contribution in [0.15, 0.2) is 48.9 Å². The largest absolute Gasteiger partial charge is 0.416 e. The van der Waals surface area contributed by atoms with Gasteiger partial charge in [-0.3, -0.25) is 4.90 Å². The quantitative estimate of drug-likeness (QED) is 0.306. The van der Waals surface area contributed by atoms with Gasteiger partial charge in [0.15, 0.2) is 0 Å². The van der Waals surface area contributed by atoms with Crippen molar-refractivity contribution < 1.29 is 22.4 Å². The van der Waals surface area contributed by atoms with Gasteiger partial charge < -0.3 is 25.8 Å². The highest BCUT2D eigenvalue weighted by Crippen LogP contribution is 2.35. The third kappa shape index (κ3) is 5.70. The Morgan fingerprint density at radius 3 is 2.48 bits per heavy atom. The van der Waals surface area contributed by atoms with Gasteiger partial charge in [0.1, 0.15) is 23.6 Å². The summed E-state index contributed by atoms with van der Waals surface area (Å²) in [5.74, 6) is -0.492. The molecule has 5 rings (SSSR count). The van der Waals surface area contributed by atoms with Crippen molar-refractivity contribution in [1.82, 2.24) is 24.3 Å². The van der Waals surface area contributed by atoms with E-state index in [9.17, 15) is 22.4 Å². The number of nitrogens with zero attached hydrogens (tertiary/aromatic N) is 5. The van der Waals surface area contributed by atoms with E-state index in [2.05, 4.69) is 25.5 Å². The maximum Gasteiger partial charge on any atom is 0.416 e. The molecule has 1 saturated heterocycles. The SMILES string of the molecule is CN1CCN(Cc2ccc(NC(=O)Nc3ccc(-c4cn(C)c5ncnc(N)c45)cc3F)cc2C(F)(F)F)CC1. The second-order valence-corrected chi connectivity index (χ2v) is 9.83. The highest BCUT2D eigenvalue weighted by atomic mass is 19.4. The molecule has 1 fully saturated rings. The molecule has 210 valence electrons. The Morgan fingerprint density at radius 2 is 1.77 bits per heavy atom. The molecule has 0 atom stereocenters. The third-order valence-corrected chi connectivity index (χ3v) is 6.97. The zero-order valence-corrected chi connectivity index (χ0v) is 21.9. The van der Waals surface area contributed by atoms with Crippen LogP contribution < -0.4 is 16.4 Å².